The summed E-state index contributed by atoms with van der Waals surface area (Å²) >= 11 is 5.80. The van der Waals surface area contributed by atoms with Gasteiger partial charge in [-0.1, -0.05) is 41.4 Å². The highest BCUT2D eigenvalue weighted by molar-refractivity contribution is 6.29. The van der Waals surface area contributed by atoms with Gasteiger partial charge >= 0.3 is 0 Å². The van der Waals surface area contributed by atoms with E-state index in [9.17, 15) is 4.79 Å². The highest BCUT2D eigenvalue weighted by Crippen LogP contribution is 2.14. The number of aromatic nitrogens is 1. The number of quaternary nitrogens is 1. The molecule has 2 N–H and O–H groups in total. The molecule has 132 valence electrons. The second kappa shape index (κ2) is 8.43. The van der Waals surface area contributed by atoms with Crippen LogP contribution in [0.15, 0.2) is 42.6 Å². The number of halogens is 1. The van der Waals surface area contributed by atoms with Gasteiger partial charge in [0.05, 0.1) is 18.8 Å². The van der Waals surface area contributed by atoms with Gasteiger partial charge in [0, 0.05) is 6.20 Å². The van der Waals surface area contributed by atoms with Crippen LogP contribution in [0.3, 0.4) is 0 Å². The van der Waals surface area contributed by atoms with Crippen molar-refractivity contribution in [2.24, 2.45) is 0 Å². The summed E-state index contributed by atoms with van der Waals surface area (Å²) in [5.74, 6) is -0.137. The Kier molecular flexibility index (Phi) is 6.02. The standard InChI is InChI=1S/C19H22ClN3O2/c1-14-2-4-15(5-3-14)17(13-23-8-10-25-11-9-23)22-19(24)16-6-7-18(20)21-12-16/h2-7,12,17H,8-11,13H2,1H3,(H,22,24)/p+1/t17-/m0/s1. The summed E-state index contributed by atoms with van der Waals surface area (Å²) in [7, 11) is 0. The molecular weight excluding hydrogens is 338 g/mol. The van der Waals surface area contributed by atoms with Crippen LogP contribution >= 0.6 is 11.6 Å². The molecule has 1 aromatic heterocycles. The average molecular weight is 361 g/mol. The molecule has 1 atom stereocenters. The quantitative estimate of drug-likeness (QED) is 0.793. The zero-order chi connectivity index (χ0) is 17.6. The Balaban J connectivity index is 1.76. The van der Waals surface area contributed by atoms with Gasteiger partial charge in [-0.15, -0.1) is 0 Å². The number of hydrogen-bond donors (Lipinski definition) is 2. The van der Waals surface area contributed by atoms with Crippen molar-refractivity contribution in [3.8, 4) is 0 Å². The molecule has 1 saturated heterocycles. The van der Waals surface area contributed by atoms with Crippen molar-refractivity contribution >= 4 is 17.5 Å². The van der Waals surface area contributed by atoms with Gasteiger partial charge in [-0.2, -0.15) is 0 Å². The van der Waals surface area contributed by atoms with Crippen LogP contribution in [0.2, 0.25) is 5.15 Å². The van der Waals surface area contributed by atoms with Crippen LogP contribution in [-0.2, 0) is 4.74 Å². The van der Waals surface area contributed by atoms with Crippen molar-refractivity contribution in [2.75, 3.05) is 32.8 Å². The highest BCUT2D eigenvalue weighted by atomic mass is 35.5. The van der Waals surface area contributed by atoms with Crippen molar-refractivity contribution in [1.82, 2.24) is 10.3 Å². The van der Waals surface area contributed by atoms with Crippen molar-refractivity contribution in [2.45, 2.75) is 13.0 Å². The van der Waals surface area contributed by atoms with Crippen LogP contribution in [0.25, 0.3) is 0 Å². The molecule has 0 radical (unpaired) electrons. The first-order valence-electron chi connectivity index (χ1n) is 8.52. The SMILES string of the molecule is Cc1ccc([C@H](C[NH+]2CCOCC2)NC(=O)c2ccc(Cl)nc2)cc1. The average Bonchev–Trinajstić information content (AvgIpc) is 2.63. The molecule has 1 fully saturated rings. The summed E-state index contributed by atoms with van der Waals surface area (Å²) in [6.07, 6.45) is 1.51. The van der Waals surface area contributed by atoms with Gasteiger partial charge in [0.25, 0.3) is 5.91 Å². The van der Waals surface area contributed by atoms with Gasteiger partial charge in [0.15, 0.2) is 0 Å². The van der Waals surface area contributed by atoms with Crippen molar-refractivity contribution in [1.29, 1.82) is 0 Å². The Hall–Kier alpha value is -1.95. The van der Waals surface area contributed by atoms with Crippen LogP contribution in [-0.4, -0.2) is 43.7 Å². The summed E-state index contributed by atoms with van der Waals surface area (Å²) in [5.41, 5.74) is 2.83. The smallest absolute Gasteiger partial charge is 0.253 e. The van der Waals surface area contributed by atoms with E-state index in [1.807, 2.05) is 0 Å². The molecule has 5 nitrogen and oxygen atoms in total. The van der Waals surface area contributed by atoms with Gasteiger partial charge in [0.1, 0.15) is 30.8 Å². The maximum Gasteiger partial charge on any atom is 0.253 e. The van der Waals surface area contributed by atoms with E-state index in [0.717, 1.165) is 38.4 Å². The van der Waals surface area contributed by atoms with E-state index in [1.54, 1.807) is 12.1 Å². The number of aryl methyl sites for hydroxylation is 1. The van der Waals surface area contributed by atoms with Crippen molar-refractivity contribution in [3.05, 3.63) is 64.4 Å². The molecular formula is C19H23ClN3O2+. The number of nitrogens with one attached hydrogen (secondary N) is 2. The molecule has 1 aromatic carbocycles. The largest absolute Gasteiger partial charge is 0.370 e. The molecule has 2 aromatic rings. The lowest BCUT2D eigenvalue weighted by Crippen LogP contribution is -3.14. The van der Waals surface area contributed by atoms with Crippen LogP contribution in [0, 0.1) is 6.92 Å². The minimum Gasteiger partial charge on any atom is -0.370 e. The van der Waals surface area contributed by atoms with Crippen LogP contribution in [0.4, 0.5) is 0 Å². The predicted molar refractivity (Wildman–Crippen MR) is 97.0 cm³/mol. The molecule has 0 spiro atoms. The fourth-order valence-electron chi connectivity index (χ4n) is 2.96. The summed E-state index contributed by atoms with van der Waals surface area (Å²) in [4.78, 5) is 18.0. The Labute approximate surface area is 153 Å². The molecule has 0 aliphatic carbocycles. The Bertz CT molecular complexity index is 698. The predicted octanol–water partition coefficient (Wildman–Crippen LogP) is 1.43. The number of rotatable bonds is 5. The van der Waals surface area contributed by atoms with Gasteiger partial charge in [-0.25, -0.2) is 4.98 Å². The summed E-state index contributed by atoms with van der Waals surface area (Å²) in [6.45, 7) is 6.35. The number of morpholine rings is 1. The molecule has 0 bridgehead atoms. The summed E-state index contributed by atoms with van der Waals surface area (Å²) < 4.78 is 5.44. The first-order chi connectivity index (χ1) is 12.1. The van der Waals surface area contributed by atoms with E-state index in [-0.39, 0.29) is 11.9 Å². The second-order valence-electron chi connectivity index (χ2n) is 6.37. The Morgan fingerprint density at radius 1 is 1.24 bits per heavy atom. The first kappa shape index (κ1) is 17.9. The van der Waals surface area contributed by atoms with Crippen LogP contribution in [0.5, 0.6) is 0 Å². The number of nitrogens with zero attached hydrogens (tertiary/aromatic N) is 1. The van der Waals surface area contributed by atoms with E-state index < -0.39 is 0 Å². The third-order valence-electron chi connectivity index (χ3n) is 4.47. The number of carbonyl (C=O) groups is 1. The molecule has 2 heterocycles. The van der Waals surface area contributed by atoms with Crippen molar-refractivity contribution < 1.29 is 14.4 Å². The van der Waals surface area contributed by atoms with Gasteiger partial charge < -0.3 is 15.0 Å². The lowest BCUT2D eigenvalue weighted by molar-refractivity contribution is -0.909. The Morgan fingerprint density at radius 3 is 2.60 bits per heavy atom. The third kappa shape index (κ3) is 5.01. The van der Waals surface area contributed by atoms with E-state index in [4.69, 9.17) is 16.3 Å². The summed E-state index contributed by atoms with van der Waals surface area (Å²) in [6, 6.07) is 11.6. The number of benzene rings is 1. The molecule has 0 saturated carbocycles. The normalized spacial score (nSPS) is 16.4. The number of pyridine rings is 1. The van der Waals surface area contributed by atoms with Crippen molar-refractivity contribution in [3.63, 3.8) is 0 Å². The topological polar surface area (TPSA) is 55.7 Å². The second-order valence-corrected chi connectivity index (χ2v) is 6.76. The molecule has 0 unspecified atom stereocenters. The zero-order valence-electron chi connectivity index (χ0n) is 14.3. The van der Waals surface area contributed by atoms with Crippen LogP contribution < -0.4 is 10.2 Å². The number of amides is 1. The van der Waals surface area contributed by atoms with E-state index >= 15 is 0 Å². The maximum atomic E-state index is 12.6. The minimum atomic E-state index is -0.137. The maximum absolute atomic E-state index is 12.6. The molecule has 1 amide bonds. The van der Waals surface area contributed by atoms with Crippen LogP contribution in [0.1, 0.15) is 27.5 Å². The Morgan fingerprint density at radius 2 is 1.96 bits per heavy atom. The summed E-state index contributed by atoms with van der Waals surface area (Å²) in [5, 5.41) is 3.53. The highest BCUT2D eigenvalue weighted by Gasteiger charge is 2.23. The zero-order valence-corrected chi connectivity index (χ0v) is 15.1. The van der Waals surface area contributed by atoms with E-state index in [0.29, 0.717) is 10.7 Å². The third-order valence-corrected chi connectivity index (χ3v) is 4.69. The number of ether oxygens (including phenoxy) is 1. The fraction of sp³-hybridized carbons (Fsp3) is 0.368. The fourth-order valence-corrected chi connectivity index (χ4v) is 3.07. The molecule has 25 heavy (non-hydrogen) atoms. The lowest BCUT2D eigenvalue weighted by Gasteiger charge is -2.28. The number of hydrogen-bond acceptors (Lipinski definition) is 3. The van der Waals surface area contributed by atoms with E-state index in [1.165, 1.54) is 16.7 Å². The lowest BCUT2D eigenvalue weighted by atomic mass is 10.0. The minimum absolute atomic E-state index is 0.0584. The first-order valence-corrected chi connectivity index (χ1v) is 8.90. The molecule has 6 heteroatoms. The van der Waals surface area contributed by atoms with Gasteiger partial charge in [-0.05, 0) is 24.6 Å². The van der Waals surface area contributed by atoms with Gasteiger partial charge in [-0.3, -0.25) is 4.79 Å². The molecule has 3 rings (SSSR count). The molecule has 1 aliphatic heterocycles. The monoisotopic (exact) mass is 360 g/mol. The molecule has 1 aliphatic rings. The van der Waals surface area contributed by atoms with Gasteiger partial charge in [0.2, 0.25) is 0 Å². The number of carbonyl (C=O) groups excluding carboxylic acids is 1. The van der Waals surface area contributed by atoms with E-state index in [2.05, 4.69) is 41.5 Å².